The number of aliphatic hydroxyl groups is 1. The Kier molecular flexibility index (Phi) is 5.79. The van der Waals surface area contributed by atoms with Gasteiger partial charge in [-0.15, -0.1) is 0 Å². The minimum absolute atomic E-state index is 0.314. The predicted molar refractivity (Wildman–Crippen MR) is 79.0 cm³/mol. The van der Waals surface area contributed by atoms with E-state index in [9.17, 15) is 0 Å². The molecule has 2 rings (SSSR count). The predicted octanol–water partition coefficient (Wildman–Crippen LogP) is 2.88. The summed E-state index contributed by atoms with van der Waals surface area (Å²) in [4.78, 5) is 4.63. The Bertz CT molecular complexity index is 499. The Hall–Kier alpha value is -1.45. The lowest BCUT2D eigenvalue weighted by atomic mass is 10.2. The second kappa shape index (κ2) is 7.87. The molecule has 0 bridgehead atoms. The van der Waals surface area contributed by atoms with Crippen molar-refractivity contribution >= 4 is 10.9 Å². The molecule has 0 saturated heterocycles. The van der Waals surface area contributed by atoms with Crippen molar-refractivity contribution in [2.45, 2.75) is 32.2 Å². The summed E-state index contributed by atoms with van der Waals surface area (Å²) in [6, 6.07) is 12.4. The molecule has 2 N–H and O–H groups in total. The van der Waals surface area contributed by atoms with Gasteiger partial charge in [0.05, 0.1) is 11.2 Å². The van der Waals surface area contributed by atoms with Gasteiger partial charge in [0, 0.05) is 18.5 Å². The summed E-state index contributed by atoms with van der Waals surface area (Å²) in [5, 5.41) is 13.3. The summed E-state index contributed by atoms with van der Waals surface area (Å²) >= 11 is 0. The second-order valence-corrected chi connectivity index (χ2v) is 4.81. The third kappa shape index (κ3) is 4.62. The van der Waals surface area contributed by atoms with Crippen molar-refractivity contribution < 1.29 is 5.11 Å². The third-order valence-corrected chi connectivity index (χ3v) is 3.22. The Morgan fingerprint density at radius 2 is 1.79 bits per heavy atom. The number of benzene rings is 1. The number of aliphatic hydroxyl groups excluding tert-OH is 1. The fourth-order valence-electron chi connectivity index (χ4n) is 2.14. The zero-order valence-corrected chi connectivity index (χ0v) is 11.3. The highest BCUT2D eigenvalue weighted by molar-refractivity contribution is 5.78. The van der Waals surface area contributed by atoms with E-state index in [-0.39, 0.29) is 0 Å². The quantitative estimate of drug-likeness (QED) is 0.716. The van der Waals surface area contributed by atoms with Crippen molar-refractivity contribution in [1.29, 1.82) is 0 Å². The highest BCUT2D eigenvalue weighted by Crippen LogP contribution is 2.11. The molecular formula is C16H22N2O. The van der Waals surface area contributed by atoms with Gasteiger partial charge in [-0.2, -0.15) is 0 Å². The van der Waals surface area contributed by atoms with Crippen LogP contribution in [0, 0.1) is 0 Å². The van der Waals surface area contributed by atoms with E-state index in [4.69, 9.17) is 5.11 Å². The van der Waals surface area contributed by atoms with Crippen LogP contribution in [0.5, 0.6) is 0 Å². The minimum atomic E-state index is 0.314. The number of hydrogen-bond donors (Lipinski definition) is 2. The summed E-state index contributed by atoms with van der Waals surface area (Å²) in [6.45, 7) is 2.15. The number of nitrogens with one attached hydrogen (secondary N) is 1. The van der Waals surface area contributed by atoms with Gasteiger partial charge in [-0.25, -0.2) is 0 Å². The van der Waals surface area contributed by atoms with Gasteiger partial charge in [0.1, 0.15) is 0 Å². The zero-order chi connectivity index (χ0) is 13.3. The number of fused-ring (bicyclic) bond motifs is 1. The van der Waals surface area contributed by atoms with Crippen LogP contribution in [0.4, 0.5) is 0 Å². The Morgan fingerprint density at radius 1 is 0.947 bits per heavy atom. The summed E-state index contributed by atoms with van der Waals surface area (Å²) in [5.74, 6) is 0. The van der Waals surface area contributed by atoms with Crippen LogP contribution in [0.15, 0.2) is 36.4 Å². The lowest BCUT2D eigenvalue weighted by Gasteiger charge is -2.05. The van der Waals surface area contributed by atoms with Crippen LogP contribution in [0.1, 0.15) is 31.4 Å². The largest absolute Gasteiger partial charge is 0.396 e. The first-order valence-electron chi connectivity index (χ1n) is 7.06. The van der Waals surface area contributed by atoms with Gasteiger partial charge >= 0.3 is 0 Å². The Labute approximate surface area is 114 Å². The molecule has 2 aromatic rings. The highest BCUT2D eigenvalue weighted by atomic mass is 16.2. The maximum Gasteiger partial charge on any atom is 0.0705 e. The Morgan fingerprint density at radius 3 is 2.68 bits per heavy atom. The lowest BCUT2D eigenvalue weighted by Crippen LogP contribution is -2.15. The third-order valence-electron chi connectivity index (χ3n) is 3.22. The van der Waals surface area contributed by atoms with E-state index in [0.717, 1.165) is 43.6 Å². The fourth-order valence-corrected chi connectivity index (χ4v) is 2.14. The summed E-state index contributed by atoms with van der Waals surface area (Å²) in [7, 11) is 0. The summed E-state index contributed by atoms with van der Waals surface area (Å²) < 4.78 is 0. The average molecular weight is 258 g/mol. The van der Waals surface area contributed by atoms with E-state index in [1.54, 1.807) is 0 Å². The van der Waals surface area contributed by atoms with Crippen LogP contribution in [-0.4, -0.2) is 23.2 Å². The number of hydrogen-bond acceptors (Lipinski definition) is 3. The van der Waals surface area contributed by atoms with E-state index in [0.29, 0.717) is 6.61 Å². The molecule has 0 atom stereocenters. The van der Waals surface area contributed by atoms with Gasteiger partial charge in [0.2, 0.25) is 0 Å². The molecule has 0 fully saturated rings. The number of unbranched alkanes of at least 4 members (excludes halogenated alkanes) is 3. The molecule has 0 spiro atoms. The molecule has 0 radical (unpaired) electrons. The van der Waals surface area contributed by atoms with Crippen LogP contribution in [-0.2, 0) is 6.54 Å². The molecule has 19 heavy (non-hydrogen) atoms. The molecule has 0 aliphatic carbocycles. The summed E-state index contributed by atoms with van der Waals surface area (Å²) in [6.07, 6.45) is 4.38. The normalized spacial score (nSPS) is 11.0. The second-order valence-electron chi connectivity index (χ2n) is 4.81. The van der Waals surface area contributed by atoms with E-state index >= 15 is 0 Å². The van der Waals surface area contributed by atoms with Gasteiger partial charge in [0.25, 0.3) is 0 Å². The topological polar surface area (TPSA) is 45.1 Å². The Balaban J connectivity index is 1.72. The molecule has 1 aromatic heterocycles. The zero-order valence-electron chi connectivity index (χ0n) is 11.3. The number of nitrogens with zero attached hydrogens (tertiary/aromatic N) is 1. The summed E-state index contributed by atoms with van der Waals surface area (Å²) in [5.41, 5.74) is 2.15. The standard InChI is InChI=1S/C16H22N2O/c19-12-6-2-1-5-11-17-13-15-10-9-14-7-3-4-8-16(14)18-15/h3-4,7-10,17,19H,1-2,5-6,11-13H2. The van der Waals surface area contributed by atoms with Crippen molar-refractivity contribution in [3.63, 3.8) is 0 Å². The van der Waals surface area contributed by atoms with Crippen LogP contribution in [0.2, 0.25) is 0 Å². The van der Waals surface area contributed by atoms with Crippen LogP contribution >= 0.6 is 0 Å². The molecule has 3 nitrogen and oxygen atoms in total. The first-order valence-corrected chi connectivity index (χ1v) is 7.06. The first-order chi connectivity index (χ1) is 9.40. The molecular weight excluding hydrogens is 236 g/mol. The van der Waals surface area contributed by atoms with Gasteiger partial charge < -0.3 is 10.4 Å². The molecule has 0 unspecified atom stereocenters. The number of rotatable bonds is 8. The minimum Gasteiger partial charge on any atom is -0.396 e. The molecule has 0 aliphatic rings. The maximum atomic E-state index is 8.68. The van der Waals surface area contributed by atoms with Crippen molar-refractivity contribution in [2.75, 3.05) is 13.2 Å². The fraction of sp³-hybridized carbons (Fsp3) is 0.438. The van der Waals surface area contributed by atoms with Gasteiger partial charge in [-0.05, 0) is 31.5 Å². The van der Waals surface area contributed by atoms with Crippen LogP contribution in [0.25, 0.3) is 10.9 Å². The smallest absolute Gasteiger partial charge is 0.0705 e. The van der Waals surface area contributed by atoms with Crippen molar-refractivity contribution in [3.8, 4) is 0 Å². The molecule has 0 aliphatic heterocycles. The van der Waals surface area contributed by atoms with Crippen molar-refractivity contribution in [1.82, 2.24) is 10.3 Å². The van der Waals surface area contributed by atoms with Gasteiger partial charge in [0.15, 0.2) is 0 Å². The highest BCUT2D eigenvalue weighted by Gasteiger charge is 1.97. The first kappa shape index (κ1) is 14.0. The average Bonchev–Trinajstić information content (AvgIpc) is 2.46. The van der Waals surface area contributed by atoms with Gasteiger partial charge in [-0.1, -0.05) is 37.1 Å². The lowest BCUT2D eigenvalue weighted by molar-refractivity contribution is 0.282. The molecule has 0 saturated carbocycles. The number of pyridine rings is 1. The van der Waals surface area contributed by atoms with Crippen molar-refractivity contribution in [3.05, 3.63) is 42.1 Å². The van der Waals surface area contributed by atoms with Crippen molar-refractivity contribution in [2.24, 2.45) is 0 Å². The SMILES string of the molecule is OCCCCCCNCc1ccc2ccccc2n1. The maximum absolute atomic E-state index is 8.68. The van der Waals surface area contributed by atoms with E-state index < -0.39 is 0 Å². The van der Waals surface area contributed by atoms with Crippen LogP contribution in [0.3, 0.4) is 0 Å². The monoisotopic (exact) mass is 258 g/mol. The number of para-hydroxylation sites is 1. The molecule has 0 amide bonds. The molecule has 102 valence electrons. The molecule has 3 heteroatoms. The van der Waals surface area contributed by atoms with E-state index in [1.165, 1.54) is 11.8 Å². The number of aromatic nitrogens is 1. The van der Waals surface area contributed by atoms with E-state index in [2.05, 4.69) is 28.5 Å². The van der Waals surface area contributed by atoms with Gasteiger partial charge in [-0.3, -0.25) is 4.98 Å². The van der Waals surface area contributed by atoms with E-state index in [1.807, 2.05) is 18.2 Å². The van der Waals surface area contributed by atoms with Crippen LogP contribution < -0.4 is 5.32 Å². The molecule has 1 heterocycles. The molecule has 1 aromatic carbocycles.